The first-order valence-electron chi connectivity index (χ1n) is 9.76. The molecule has 0 unspecified atom stereocenters. The zero-order chi connectivity index (χ0) is 20.8. The van der Waals surface area contributed by atoms with Gasteiger partial charge in [0.05, 0.1) is 17.0 Å². The van der Waals surface area contributed by atoms with Crippen molar-refractivity contribution in [1.82, 2.24) is 15.1 Å². The summed E-state index contributed by atoms with van der Waals surface area (Å²) in [5, 5.41) is 3.29. The van der Waals surface area contributed by atoms with E-state index < -0.39 is 14.6 Å². The van der Waals surface area contributed by atoms with Crippen molar-refractivity contribution in [3.05, 3.63) is 29.8 Å². The maximum absolute atomic E-state index is 12.3. The average molecular weight is 538 g/mol. The minimum atomic E-state index is -3.07. The van der Waals surface area contributed by atoms with Gasteiger partial charge in [0.1, 0.15) is 12.4 Å². The van der Waals surface area contributed by atoms with Crippen molar-refractivity contribution in [3.8, 4) is 5.75 Å². The van der Waals surface area contributed by atoms with Gasteiger partial charge in [-0.15, -0.1) is 24.0 Å². The van der Waals surface area contributed by atoms with E-state index in [-0.39, 0.29) is 29.7 Å². The second-order valence-corrected chi connectivity index (χ2v) is 10.7. The van der Waals surface area contributed by atoms with Crippen LogP contribution in [0.4, 0.5) is 0 Å². The number of halogens is 1. The van der Waals surface area contributed by atoms with Crippen molar-refractivity contribution in [3.63, 3.8) is 0 Å². The summed E-state index contributed by atoms with van der Waals surface area (Å²) in [6.07, 6.45) is 0. The van der Waals surface area contributed by atoms with Gasteiger partial charge in [-0.2, -0.15) is 0 Å². The first-order chi connectivity index (χ1) is 13.1. The molecule has 1 saturated heterocycles. The van der Waals surface area contributed by atoms with Crippen molar-refractivity contribution in [2.24, 2.45) is 4.99 Å². The molecular formula is C20H35IN4O3S. The lowest BCUT2D eigenvalue weighted by molar-refractivity contribution is 0.261. The van der Waals surface area contributed by atoms with Crippen LogP contribution in [0.1, 0.15) is 26.3 Å². The molecular weight excluding hydrogens is 503 g/mol. The molecule has 1 heterocycles. The third-order valence-corrected chi connectivity index (χ3v) is 7.33. The highest BCUT2D eigenvalue weighted by Crippen LogP contribution is 2.24. The zero-order valence-corrected chi connectivity index (χ0v) is 21.3. The highest BCUT2D eigenvalue weighted by molar-refractivity contribution is 14.0. The number of rotatable bonds is 7. The molecule has 0 radical (unpaired) electrons. The lowest BCUT2D eigenvalue weighted by Gasteiger charge is -2.39. The van der Waals surface area contributed by atoms with Gasteiger partial charge < -0.3 is 19.9 Å². The average Bonchev–Trinajstić information content (AvgIpc) is 2.61. The van der Waals surface area contributed by atoms with E-state index in [1.54, 1.807) is 13.8 Å². The molecule has 0 atom stereocenters. The van der Waals surface area contributed by atoms with Gasteiger partial charge >= 0.3 is 0 Å². The highest BCUT2D eigenvalue weighted by atomic mass is 127. The SMILES string of the molecule is CCNC(=NCc1cccc(OCCN(C)C)c1)N1CCS(=O)(=O)C(C)(C)C1.I. The summed E-state index contributed by atoms with van der Waals surface area (Å²) in [6.45, 7) is 9.23. The topological polar surface area (TPSA) is 74.2 Å². The van der Waals surface area contributed by atoms with Crippen LogP contribution in [0.2, 0.25) is 0 Å². The number of ether oxygens (including phenoxy) is 1. The van der Waals surface area contributed by atoms with E-state index in [0.717, 1.165) is 30.4 Å². The Balaban J connectivity index is 0.00000420. The Morgan fingerprint density at radius 1 is 1.34 bits per heavy atom. The number of likely N-dealkylation sites (N-methyl/N-ethyl adjacent to an activating group) is 1. The summed E-state index contributed by atoms with van der Waals surface area (Å²) in [7, 11) is 0.961. The predicted molar refractivity (Wildman–Crippen MR) is 130 cm³/mol. The molecule has 0 amide bonds. The second kappa shape index (κ2) is 11.4. The van der Waals surface area contributed by atoms with E-state index in [9.17, 15) is 8.42 Å². The third-order valence-electron chi connectivity index (χ3n) is 4.79. The maximum Gasteiger partial charge on any atom is 0.194 e. The summed E-state index contributed by atoms with van der Waals surface area (Å²) in [5.41, 5.74) is 1.06. The van der Waals surface area contributed by atoms with Crippen LogP contribution < -0.4 is 10.1 Å². The quantitative estimate of drug-likeness (QED) is 0.326. The molecule has 0 aromatic heterocycles. The van der Waals surface area contributed by atoms with Crippen LogP contribution in [-0.4, -0.2) is 81.6 Å². The third kappa shape index (κ3) is 7.60. The van der Waals surface area contributed by atoms with Gasteiger partial charge in [-0.3, -0.25) is 0 Å². The molecule has 166 valence electrons. The molecule has 7 nitrogen and oxygen atoms in total. The molecule has 2 rings (SSSR count). The Hall–Kier alpha value is -1.07. The van der Waals surface area contributed by atoms with Crippen LogP contribution in [-0.2, 0) is 16.4 Å². The fraction of sp³-hybridized carbons (Fsp3) is 0.650. The number of hydrogen-bond acceptors (Lipinski definition) is 5. The Morgan fingerprint density at radius 3 is 2.69 bits per heavy atom. The Kier molecular flexibility index (Phi) is 10.2. The molecule has 1 N–H and O–H groups in total. The molecule has 1 aliphatic rings. The molecule has 1 aromatic carbocycles. The largest absolute Gasteiger partial charge is 0.492 e. The lowest BCUT2D eigenvalue weighted by atomic mass is 10.2. The normalized spacial score (nSPS) is 18.3. The first kappa shape index (κ1) is 26.0. The fourth-order valence-electron chi connectivity index (χ4n) is 3.00. The summed E-state index contributed by atoms with van der Waals surface area (Å²) in [6, 6.07) is 7.95. The smallest absolute Gasteiger partial charge is 0.194 e. The lowest BCUT2D eigenvalue weighted by Crippen LogP contribution is -2.57. The van der Waals surface area contributed by atoms with Crippen molar-refractivity contribution in [1.29, 1.82) is 0 Å². The van der Waals surface area contributed by atoms with Crippen molar-refractivity contribution in [2.75, 3.05) is 52.6 Å². The van der Waals surface area contributed by atoms with Gasteiger partial charge in [0.15, 0.2) is 15.8 Å². The van der Waals surface area contributed by atoms with Crippen LogP contribution in [0, 0.1) is 0 Å². The van der Waals surface area contributed by atoms with Crippen molar-refractivity contribution >= 4 is 39.8 Å². The minimum Gasteiger partial charge on any atom is -0.492 e. The minimum absolute atomic E-state index is 0. The predicted octanol–water partition coefficient (Wildman–Crippen LogP) is 2.22. The van der Waals surface area contributed by atoms with E-state index in [0.29, 0.717) is 26.2 Å². The van der Waals surface area contributed by atoms with Gasteiger partial charge in [-0.1, -0.05) is 12.1 Å². The van der Waals surface area contributed by atoms with Crippen LogP contribution >= 0.6 is 24.0 Å². The maximum atomic E-state index is 12.3. The van der Waals surface area contributed by atoms with Crippen LogP contribution in [0.3, 0.4) is 0 Å². The molecule has 9 heteroatoms. The van der Waals surface area contributed by atoms with Crippen LogP contribution in [0.5, 0.6) is 5.75 Å². The molecule has 0 aliphatic carbocycles. The standard InChI is InChI=1S/C20H34N4O3S.HI/c1-6-21-19(24-11-13-28(25,26)20(2,3)16-24)22-15-17-8-7-9-18(14-17)27-12-10-23(4)5;/h7-9,14H,6,10-13,15-16H2,1-5H3,(H,21,22);1H. The highest BCUT2D eigenvalue weighted by Gasteiger charge is 2.40. The number of guanidine groups is 1. The van der Waals surface area contributed by atoms with Gasteiger partial charge in [-0.25, -0.2) is 13.4 Å². The molecule has 0 bridgehead atoms. The number of aliphatic imine (C=N–C) groups is 1. The van der Waals surface area contributed by atoms with Gasteiger partial charge in [-0.05, 0) is 52.6 Å². The Morgan fingerprint density at radius 2 is 2.07 bits per heavy atom. The second-order valence-electron chi connectivity index (χ2n) is 7.97. The van der Waals surface area contributed by atoms with E-state index in [2.05, 4.69) is 10.2 Å². The fourth-order valence-corrected chi connectivity index (χ4v) is 4.36. The van der Waals surface area contributed by atoms with Gasteiger partial charge in [0, 0.05) is 26.2 Å². The first-order valence-corrected chi connectivity index (χ1v) is 11.4. The number of benzene rings is 1. The number of sulfone groups is 1. The molecule has 0 saturated carbocycles. The Bertz CT molecular complexity index is 782. The Labute approximate surface area is 192 Å². The van der Waals surface area contributed by atoms with Crippen LogP contribution in [0.15, 0.2) is 29.3 Å². The molecule has 0 spiro atoms. The molecule has 1 aliphatic heterocycles. The molecule has 29 heavy (non-hydrogen) atoms. The van der Waals surface area contributed by atoms with Gasteiger partial charge in [0.25, 0.3) is 0 Å². The van der Waals surface area contributed by atoms with Crippen molar-refractivity contribution in [2.45, 2.75) is 32.1 Å². The molecule has 1 fully saturated rings. The van der Waals surface area contributed by atoms with E-state index >= 15 is 0 Å². The van der Waals surface area contributed by atoms with Gasteiger partial charge in [0.2, 0.25) is 0 Å². The summed E-state index contributed by atoms with van der Waals surface area (Å²) in [5.74, 6) is 1.74. The number of hydrogen-bond donors (Lipinski definition) is 1. The summed E-state index contributed by atoms with van der Waals surface area (Å²) < 4.78 is 29.6. The van der Waals surface area contributed by atoms with Crippen molar-refractivity contribution < 1.29 is 13.2 Å². The van der Waals surface area contributed by atoms with E-state index in [4.69, 9.17) is 9.73 Å². The summed E-state index contributed by atoms with van der Waals surface area (Å²) >= 11 is 0. The summed E-state index contributed by atoms with van der Waals surface area (Å²) in [4.78, 5) is 8.87. The van der Waals surface area contributed by atoms with E-state index in [1.807, 2.05) is 50.2 Å². The zero-order valence-electron chi connectivity index (χ0n) is 18.1. The van der Waals surface area contributed by atoms with E-state index in [1.165, 1.54) is 0 Å². The van der Waals surface area contributed by atoms with Crippen LogP contribution in [0.25, 0.3) is 0 Å². The number of nitrogens with one attached hydrogen (secondary N) is 1. The number of nitrogens with zero attached hydrogens (tertiary/aromatic N) is 3. The monoisotopic (exact) mass is 538 g/mol. The molecule has 1 aromatic rings.